The number of rotatable bonds is 4. The van der Waals surface area contributed by atoms with Crippen molar-refractivity contribution < 1.29 is 4.74 Å². The van der Waals surface area contributed by atoms with Crippen molar-refractivity contribution >= 4 is 11.8 Å². The average molecular weight is 290 g/mol. The zero-order chi connectivity index (χ0) is 14.4. The van der Waals surface area contributed by atoms with Gasteiger partial charge in [-0.05, 0) is 43.0 Å². The third-order valence-electron chi connectivity index (χ3n) is 3.59. The molecule has 1 unspecified atom stereocenters. The predicted molar refractivity (Wildman–Crippen MR) is 86.1 cm³/mol. The monoisotopic (exact) mass is 290 g/mol. The Morgan fingerprint density at radius 2 is 2.35 bits per heavy atom. The second kappa shape index (κ2) is 7.58. The summed E-state index contributed by atoms with van der Waals surface area (Å²) in [6.07, 6.45) is 1.27. The first-order valence-electron chi connectivity index (χ1n) is 6.88. The highest BCUT2D eigenvalue weighted by molar-refractivity contribution is 7.99. The Hall–Kier alpha value is -1.15. The smallest absolute Gasteiger partial charge is 0.119 e. The molecule has 1 fully saturated rings. The second-order valence-electron chi connectivity index (χ2n) is 4.96. The zero-order valence-electron chi connectivity index (χ0n) is 12.2. The number of nitrogens with zero attached hydrogens (tertiary/aromatic N) is 1. The van der Waals surface area contributed by atoms with Crippen LogP contribution in [0.15, 0.2) is 18.2 Å². The molecule has 1 aliphatic rings. The topological polar surface area (TPSA) is 38.5 Å². The molecule has 1 atom stereocenters. The molecule has 0 aliphatic carbocycles. The molecular weight excluding hydrogens is 268 g/mol. The van der Waals surface area contributed by atoms with Crippen molar-refractivity contribution in [2.45, 2.75) is 19.0 Å². The molecule has 1 aromatic rings. The minimum atomic E-state index is 0.389. The number of methoxy groups -OCH3 is 1. The number of hydrogen-bond donors (Lipinski definition) is 1. The fraction of sp³-hybridized carbons (Fsp3) is 0.500. The van der Waals surface area contributed by atoms with Crippen LogP contribution >= 0.6 is 11.8 Å². The average Bonchev–Trinajstić information content (AvgIpc) is 3.00. The molecule has 0 saturated carbocycles. The lowest BCUT2D eigenvalue weighted by molar-refractivity contribution is 0.254. The van der Waals surface area contributed by atoms with E-state index in [1.807, 2.05) is 23.9 Å². The fourth-order valence-corrected chi connectivity index (χ4v) is 3.66. The Kier molecular flexibility index (Phi) is 5.78. The van der Waals surface area contributed by atoms with Gasteiger partial charge in [0.1, 0.15) is 5.75 Å². The lowest BCUT2D eigenvalue weighted by atomic mass is 10.1. The minimum Gasteiger partial charge on any atom is -0.497 e. The molecule has 0 aromatic heterocycles. The van der Waals surface area contributed by atoms with Crippen molar-refractivity contribution in [3.8, 4) is 17.6 Å². The first-order chi connectivity index (χ1) is 9.74. The lowest BCUT2D eigenvalue weighted by Gasteiger charge is -2.24. The third-order valence-corrected chi connectivity index (χ3v) is 4.73. The third kappa shape index (κ3) is 3.92. The van der Waals surface area contributed by atoms with Gasteiger partial charge < -0.3 is 10.5 Å². The molecule has 2 rings (SSSR count). The van der Waals surface area contributed by atoms with Crippen LogP contribution in [0.1, 0.15) is 17.5 Å². The minimum absolute atomic E-state index is 0.389. The number of nitrogens with two attached hydrogens (primary N) is 1. The number of thioether (sulfide) groups is 1. The Labute approximate surface area is 125 Å². The summed E-state index contributed by atoms with van der Waals surface area (Å²) in [5.74, 6) is 9.48. The summed E-state index contributed by atoms with van der Waals surface area (Å²) < 4.78 is 5.33. The molecule has 0 bridgehead atoms. The van der Waals surface area contributed by atoms with Crippen molar-refractivity contribution in [2.24, 2.45) is 5.73 Å². The van der Waals surface area contributed by atoms with Crippen molar-refractivity contribution in [1.82, 2.24) is 4.90 Å². The molecule has 2 N–H and O–H groups in total. The maximum absolute atomic E-state index is 5.47. The van der Waals surface area contributed by atoms with E-state index in [0.717, 1.165) is 17.9 Å². The highest BCUT2D eigenvalue weighted by atomic mass is 32.2. The highest BCUT2D eigenvalue weighted by Gasteiger charge is 2.20. The van der Waals surface area contributed by atoms with Crippen LogP contribution in [0.25, 0.3) is 0 Å². The van der Waals surface area contributed by atoms with E-state index in [-0.39, 0.29) is 0 Å². The second-order valence-corrected chi connectivity index (χ2v) is 6.11. The van der Waals surface area contributed by atoms with Crippen LogP contribution in [-0.2, 0) is 6.54 Å². The van der Waals surface area contributed by atoms with E-state index in [2.05, 4.69) is 29.9 Å². The molecule has 0 spiro atoms. The van der Waals surface area contributed by atoms with Gasteiger partial charge in [-0.1, -0.05) is 11.8 Å². The van der Waals surface area contributed by atoms with Gasteiger partial charge in [-0.15, -0.1) is 0 Å². The molecule has 0 amide bonds. The van der Waals surface area contributed by atoms with Crippen LogP contribution in [0.5, 0.6) is 5.75 Å². The summed E-state index contributed by atoms with van der Waals surface area (Å²) in [6, 6.07) is 6.73. The van der Waals surface area contributed by atoms with E-state index in [1.165, 1.54) is 23.5 Å². The lowest BCUT2D eigenvalue weighted by Crippen LogP contribution is -2.31. The Bertz CT molecular complexity index is 501. The summed E-state index contributed by atoms with van der Waals surface area (Å²) in [7, 11) is 3.89. The van der Waals surface area contributed by atoms with Crippen LogP contribution in [0.4, 0.5) is 0 Å². The fourth-order valence-electron chi connectivity index (χ4n) is 2.36. The molecular formula is C16H22N2OS. The summed E-state index contributed by atoms with van der Waals surface area (Å²) in [4.78, 5) is 2.42. The maximum atomic E-state index is 5.47. The molecule has 4 heteroatoms. The van der Waals surface area contributed by atoms with Crippen molar-refractivity contribution in [1.29, 1.82) is 0 Å². The van der Waals surface area contributed by atoms with Gasteiger partial charge in [0.25, 0.3) is 0 Å². The molecule has 1 aliphatic heterocycles. The van der Waals surface area contributed by atoms with E-state index in [4.69, 9.17) is 10.5 Å². The van der Waals surface area contributed by atoms with Gasteiger partial charge in [-0.25, -0.2) is 0 Å². The van der Waals surface area contributed by atoms with Gasteiger partial charge >= 0.3 is 0 Å². The molecule has 1 aromatic carbocycles. The van der Waals surface area contributed by atoms with Gasteiger partial charge in [-0.2, -0.15) is 11.8 Å². The molecule has 3 nitrogen and oxygen atoms in total. The SMILES string of the molecule is COc1ccc(C#CCN)c(CN(C)C2CCSC2)c1. The van der Waals surface area contributed by atoms with Crippen LogP contribution in [0.2, 0.25) is 0 Å². The highest BCUT2D eigenvalue weighted by Crippen LogP contribution is 2.24. The zero-order valence-corrected chi connectivity index (χ0v) is 13.0. The van der Waals surface area contributed by atoms with E-state index < -0.39 is 0 Å². The van der Waals surface area contributed by atoms with Gasteiger partial charge in [-0.3, -0.25) is 4.90 Å². The molecule has 108 valence electrons. The Balaban J connectivity index is 2.18. The van der Waals surface area contributed by atoms with Crippen molar-refractivity contribution in [2.75, 3.05) is 32.2 Å². The van der Waals surface area contributed by atoms with E-state index in [9.17, 15) is 0 Å². The van der Waals surface area contributed by atoms with Crippen LogP contribution in [-0.4, -0.2) is 43.1 Å². The van der Waals surface area contributed by atoms with Crippen LogP contribution < -0.4 is 10.5 Å². The Morgan fingerprint density at radius 1 is 1.50 bits per heavy atom. The van der Waals surface area contributed by atoms with Gasteiger partial charge in [0.2, 0.25) is 0 Å². The van der Waals surface area contributed by atoms with E-state index >= 15 is 0 Å². The summed E-state index contributed by atoms with van der Waals surface area (Å²) >= 11 is 2.04. The van der Waals surface area contributed by atoms with Crippen LogP contribution in [0, 0.1) is 11.8 Å². The first-order valence-corrected chi connectivity index (χ1v) is 8.04. The van der Waals surface area contributed by atoms with E-state index in [0.29, 0.717) is 12.6 Å². The number of hydrogen-bond acceptors (Lipinski definition) is 4. The molecule has 0 radical (unpaired) electrons. The van der Waals surface area contributed by atoms with Crippen molar-refractivity contribution in [3.05, 3.63) is 29.3 Å². The van der Waals surface area contributed by atoms with Crippen molar-refractivity contribution in [3.63, 3.8) is 0 Å². The summed E-state index contributed by atoms with van der Waals surface area (Å²) in [5.41, 5.74) is 7.73. The normalized spacial score (nSPS) is 17.9. The van der Waals surface area contributed by atoms with Gasteiger partial charge in [0.15, 0.2) is 0 Å². The first kappa shape index (κ1) is 15.2. The summed E-state index contributed by atoms with van der Waals surface area (Å²) in [5, 5.41) is 0. The Morgan fingerprint density at radius 3 is 3.00 bits per heavy atom. The maximum Gasteiger partial charge on any atom is 0.119 e. The standard InChI is InChI=1S/C16H22N2OS/c1-18(15-7-9-20-12-15)11-14-10-16(19-2)6-5-13(14)4-3-8-17/h5-6,10,15H,7-9,11-12,17H2,1-2H3. The number of benzene rings is 1. The van der Waals surface area contributed by atoms with Gasteiger partial charge in [0.05, 0.1) is 13.7 Å². The van der Waals surface area contributed by atoms with E-state index in [1.54, 1.807) is 7.11 Å². The number of ether oxygens (including phenoxy) is 1. The van der Waals surface area contributed by atoms with Crippen LogP contribution in [0.3, 0.4) is 0 Å². The van der Waals surface area contributed by atoms with Gasteiger partial charge in [0, 0.05) is 23.9 Å². The quantitative estimate of drug-likeness (QED) is 0.860. The molecule has 1 saturated heterocycles. The predicted octanol–water partition coefficient (Wildman–Crippen LogP) is 1.94. The molecule has 1 heterocycles. The summed E-state index contributed by atoms with van der Waals surface area (Å²) in [6.45, 7) is 1.29. The largest absolute Gasteiger partial charge is 0.497 e. The molecule has 20 heavy (non-hydrogen) atoms.